The molecule has 0 spiro atoms. The molecule has 4 rings (SSSR count). The van der Waals surface area contributed by atoms with Gasteiger partial charge in [-0.2, -0.15) is 10.2 Å². The van der Waals surface area contributed by atoms with Crippen molar-refractivity contribution in [2.24, 2.45) is 0 Å². The van der Waals surface area contributed by atoms with E-state index in [-0.39, 0.29) is 11.9 Å². The van der Waals surface area contributed by atoms with E-state index < -0.39 is 0 Å². The lowest BCUT2D eigenvalue weighted by molar-refractivity contribution is 0.0934. The number of carbonyl (C=O) groups is 1. The van der Waals surface area contributed by atoms with E-state index in [1.165, 1.54) is 11.3 Å². The Hall–Kier alpha value is -3.09. The highest BCUT2D eigenvalue weighted by Gasteiger charge is 2.24. The normalized spacial score (nSPS) is 16.3. The third-order valence-electron chi connectivity index (χ3n) is 4.59. The fourth-order valence-electron chi connectivity index (χ4n) is 3.26. The Morgan fingerprint density at radius 2 is 2.16 bits per heavy atom. The topological polar surface area (TPSA) is 95.7 Å². The monoisotopic (exact) mass is 337 g/mol. The van der Waals surface area contributed by atoms with Crippen LogP contribution in [0.4, 0.5) is 0 Å². The minimum atomic E-state index is -0.122. The number of carbonyl (C=O) groups excluding carboxylic acids is 1. The van der Waals surface area contributed by atoms with E-state index in [2.05, 4.69) is 25.7 Å². The molecule has 1 aliphatic rings. The Morgan fingerprint density at radius 1 is 1.28 bits per heavy atom. The predicted octanol–water partition coefficient (Wildman–Crippen LogP) is 2.10. The lowest BCUT2D eigenvalue weighted by Gasteiger charge is -2.22. The molecule has 3 aromatic rings. The molecule has 0 radical (unpaired) electrons. The highest BCUT2D eigenvalue weighted by Crippen LogP contribution is 2.25. The van der Waals surface area contributed by atoms with Crippen molar-refractivity contribution >= 4 is 5.91 Å². The molecule has 1 amide bonds. The Bertz CT molecular complexity index is 898. The summed E-state index contributed by atoms with van der Waals surface area (Å²) in [6.07, 6.45) is 6.00. The Morgan fingerprint density at radius 3 is 3.04 bits per heavy atom. The molecule has 128 valence electrons. The van der Waals surface area contributed by atoms with Gasteiger partial charge in [0.2, 0.25) is 0 Å². The molecule has 0 saturated heterocycles. The van der Waals surface area contributed by atoms with Gasteiger partial charge in [0, 0.05) is 17.3 Å². The number of nitrogens with zero attached hydrogens (tertiary/aromatic N) is 2. The highest BCUT2D eigenvalue weighted by atomic mass is 16.5. The number of aromatic nitrogens is 4. The van der Waals surface area contributed by atoms with Crippen LogP contribution in [0, 0.1) is 0 Å². The Labute approximate surface area is 144 Å². The van der Waals surface area contributed by atoms with Gasteiger partial charge < -0.3 is 10.1 Å². The van der Waals surface area contributed by atoms with Gasteiger partial charge in [0.1, 0.15) is 5.75 Å². The van der Waals surface area contributed by atoms with Crippen LogP contribution in [0.2, 0.25) is 0 Å². The number of fused-ring (bicyclic) bond motifs is 1. The summed E-state index contributed by atoms with van der Waals surface area (Å²) in [6, 6.07) is 7.65. The number of aromatic amines is 2. The molecular weight excluding hydrogens is 318 g/mol. The van der Waals surface area contributed by atoms with E-state index in [0.29, 0.717) is 11.3 Å². The van der Waals surface area contributed by atoms with Crippen molar-refractivity contribution in [1.82, 2.24) is 25.7 Å². The summed E-state index contributed by atoms with van der Waals surface area (Å²) in [7, 11) is 1.62. The van der Waals surface area contributed by atoms with E-state index in [9.17, 15) is 4.79 Å². The number of aryl methyl sites for hydroxylation is 1. The first-order valence-electron chi connectivity index (χ1n) is 8.24. The second-order valence-corrected chi connectivity index (χ2v) is 6.18. The molecule has 3 N–H and O–H groups in total. The van der Waals surface area contributed by atoms with Crippen LogP contribution in [0.15, 0.2) is 36.7 Å². The molecule has 7 nitrogen and oxygen atoms in total. The number of hydrogen-bond acceptors (Lipinski definition) is 4. The first-order chi connectivity index (χ1) is 12.2. The van der Waals surface area contributed by atoms with Gasteiger partial charge in [-0.15, -0.1) is 0 Å². The van der Waals surface area contributed by atoms with E-state index in [4.69, 9.17) is 4.74 Å². The molecule has 2 heterocycles. The first-order valence-corrected chi connectivity index (χ1v) is 8.24. The van der Waals surface area contributed by atoms with Gasteiger partial charge in [0.05, 0.1) is 30.8 Å². The van der Waals surface area contributed by atoms with Gasteiger partial charge in [0.25, 0.3) is 5.91 Å². The highest BCUT2D eigenvalue weighted by molar-refractivity contribution is 6.00. The summed E-state index contributed by atoms with van der Waals surface area (Å²) in [6.45, 7) is 0. The zero-order chi connectivity index (χ0) is 17.2. The standard InChI is InChI=1S/C18H19N5O2/c1-25-14-4-2-3-11(8-14)17-15(10-20-23-17)18(24)21-13-5-6-16-12(7-13)9-19-22-16/h2-4,8-10,13H,5-7H2,1H3,(H,19,22)(H,20,23)(H,21,24)/t13-/m0/s1. The first kappa shape index (κ1) is 15.4. The maximum atomic E-state index is 12.7. The molecule has 1 aliphatic carbocycles. The molecule has 25 heavy (non-hydrogen) atoms. The Balaban J connectivity index is 1.53. The fourth-order valence-corrected chi connectivity index (χ4v) is 3.26. The minimum absolute atomic E-state index is 0.102. The lowest BCUT2D eigenvalue weighted by atomic mass is 9.93. The number of ether oxygens (including phenoxy) is 1. The number of hydrogen-bond donors (Lipinski definition) is 3. The molecule has 0 bridgehead atoms. The number of amides is 1. The van der Waals surface area contributed by atoms with E-state index in [1.807, 2.05) is 30.5 Å². The zero-order valence-corrected chi connectivity index (χ0v) is 13.9. The summed E-state index contributed by atoms with van der Waals surface area (Å²) in [5, 5.41) is 17.2. The SMILES string of the molecule is COc1cccc(-c2[nH]ncc2C(=O)N[C@H]2CCc3[nH]ncc3C2)c1. The average Bonchev–Trinajstić information content (AvgIpc) is 3.30. The quantitative estimate of drug-likeness (QED) is 0.679. The maximum Gasteiger partial charge on any atom is 0.255 e. The van der Waals surface area contributed by atoms with Gasteiger partial charge >= 0.3 is 0 Å². The number of H-pyrrole nitrogens is 2. The van der Waals surface area contributed by atoms with Gasteiger partial charge in [-0.3, -0.25) is 15.0 Å². The van der Waals surface area contributed by atoms with E-state index >= 15 is 0 Å². The smallest absolute Gasteiger partial charge is 0.255 e. The van der Waals surface area contributed by atoms with Crippen LogP contribution in [-0.2, 0) is 12.8 Å². The van der Waals surface area contributed by atoms with Crippen molar-refractivity contribution in [2.45, 2.75) is 25.3 Å². The van der Waals surface area contributed by atoms with Gasteiger partial charge in [-0.1, -0.05) is 12.1 Å². The summed E-state index contributed by atoms with van der Waals surface area (Å²) in [5.74, 6) is 0.613. The minimum Gasteiger partial charge on any atom is -0.497 e. The Kier molecular flexibility index (Phi) is 3.97. The third-order valence-corrected chi connectivity index (χ3v) is 4.59. The third kappa shape index (κ3) is 3.00. The van der Waals surface area contributed by atoms with Crippen molar-refractivity contribution in [3.05, 3.63) is 53.5 Å². The van der Waals surface area contributed by atoms with Crippen LogP contribution in [0.5, 0.6) is 5.75 Å². The van der Waals surface area contributed by atoms with Crippen LogP contribution in [-0.4, -0.2) is 39.5 Å². The van der Waals surface area contributed by atoms with Crippen molar-refractivity contribution in [1.29, 1.82) is 0 Å². The van der Waals surface area contributed by atoms with Gasteiger partial charge in [-0.25, -0.2) is 0 Å². The second-order valence-electron chi connectivity index (χ2n) is 6.18. The van der Waals surface area contributed by atoms with Crippen molar-refractivity contribution in [3.63, 3.8) is 0 Å². The summed E-state index contributed by atoms with van der Waals surface area (Å²) < 4.78 is 5.26. The van der Waals surface area contributed by atoms with Crippen LogP contribution in [0.25, 0.3) is 11.3 Å². The molecule has 7 heteroatoms. The number of rotatable bonds is 4. The largest absolute Gasteiger partial charge is 0.497 e. The van der Waals surface area contributed by atoms with Crippen molar-refractivity contribution in [2.75, 3.05) is 7.11 Å². The number of nitrogens with one attached hydrogen (secondary N) is 3. The summed E-state index contributed by atoms with van der Waals surface area (Å²) in [5.41, 5.74) is 4.44. The van der Waals surface area contributed by atoms with Gasteiger partial charge in [0.15, 0.2) is 0 Å². The lowest BCUT2D eigenvalue weighted by Crippen LogP contribution is -2.38. The van der Waals surface area contributed by atoms with Crippen LogP contribution < -0.4 is 10.1 Å². The molecule has 0 fully saturated rings. The average molecular weight is 337 g/mol. The summed E-state index contributed by atoms with van der Waals surface area (Å²) >= 11 is 0. The molecular formula is C18H19N5O2. The second kappa shape index (κ2) is 6.43. The number of methoxy groups -OCH3 is 1. The van der Waals surface area contributed by atoms with Gasteiger partial charge in [-0.05, 0) is 37.0 Å². The van der Waals surface area contributed by atoms with Crippen LogP contribution >= 0.6 is 0 Å². The molecule has 0 aliphatic heterocycles. The van der Waals surface area contributed by atoms with E-state index in [0.717, 1.165) is 30.6 Å². The zero-order valence-electron chi connectivity index (χ0n) is 13.9. The van der Waals surface area contributed by atoms with Crippen LogP contribution in [0.1, 0.15) is 28.0 Å². The molecule has 2 aromatic heterocycles. The predicted molar refractivity (Wildman–Crippen MR) is 92.4 cm³/mol. The van der Waals surface area contributed by atoms with Crippen molar-refractivity contribution in [3.8, 4) is 17.0 Å². The van der Waals surface area contributed by atoms with Crippen molar-refractivity contribution < 1.29 is 9.53 Å². The fraction of sp³-hybridized carbons (Fsp3) is 0.278. The molecule has 0 unspecified atom stereocenters. The van der Waals surface area contributed by atoms with Crippen LogP contribution in [0.3, 0.4) is 0 Å². The summed E-state index contributed by atoms with van der Waals surface area (Å²) in [4.78, 5) is 12.7. The van der Waals surface area contributed by atoms with E-state index in [1.54, 1.807) is 13.3 Å². The maximum absolute atomic E-state index is 12.7. The molecule has 0 saturated carbocycles. The molecule has 1 aromatic carbocycles. The molecule has 1 atom stereocenters. The number of benzene rings is 1.